The van der Waals surface area contributed by atoms with Gasteiger partial charge in [0.25, 0.3) is 0 Å². The molecular formula is C15H13N5. The first-order valence-corrected chi connectivity index (χ1v) is 6.24. The van der Waals surface area contributed by atoms with Crippen LogP contribution in [-0.2, 0) is 6.54 Å². The second-order valence-electron chi connectivity index (χ2n) is 4.67. The maximum absolute atomic E-state index is 9.01. The van der Waals surface area contributed by atoms with E-state index >= 15 is 0 Å². The van der Waals surface area contributed by atoms with Crippen molar-refractivity contribution in [2.24, 2.45) is 0 Å². The zero-order chi connectivity index (χ0) is 14.1. The molecule has 0 unspecified atom stereocenters. The monoisotopic (exact) mass is 263 g/mol. The summed E-state index contributed by atoms with van der Waals surface area (Å²) in [5.41, 5.74) is 10.5. The van der Waals surface area contributed by atoms with E-state index in [1.165, 1.54) is 0 Å². The van der Waals surface area contributed by atoms with Gasteiger partial charge in [-0.25, -0.2) is 4.98 Å². The van der Waals surface area contributed by atoms with E-state index < -0.39 is 0 Å². The van der Waals surface area contributed by atoms with Crippen LogP contribution in [0.3, 0.4) is 0 Å². The predicted molar refractivity (Wildman–Crippen MR) is 76.9 cm³/mol. The van der Waals surface area contributed by atoms with Crippen molar-refractivity contribution >= 4 is 17.0 Å². The average molecular weight is 263 g/mol. The van der Waals surface area contributed by atoms with Gasteiger partial charge in [0, 0.05) is 12.4 Å². The summed E-state index contributed by atoms with van der Waals surface area (Å²) >= 11 is 0. The number of nitriles is 1. The van der Waals surface area contributed by atoms with Crippen LogP contribution >= 0.6 is 0 Å². The standard InChI is InChI=1S/C15H13N5/c1-10-8-18-5-4-12(10)9-20-14-6-11(7-16)2-3-13(14)19-15(20)17/h2-6,8H,9H2,1H3,(H2,17,19). The number of pyridine rings is 1. The predicted octanol–water partition coefficient (Wildman–Crippen LogP) is 2.24. The molecule has 1 aromatic carbocycles. The topological polar surface area (TPSA) is 80.5 Å². The van der Waals surface area contributed by atoms with Gasteiger partial charge in [0.05, 0.1) is 29.2 Å². The lowest BCUT2D eigenvalue weighted by Gasteiger charge is -2.09. The van der Waals surface area contributed by atoms with Gasteiger partial charge in [0.2, 0.25) is 5.95 Å². The van der Waals surface area contributed by atoms with E-state index in [0.717, 1.165) is 22.2 Å². The van der Waals surface area contributed by atoms with Crippen LogP contribution in [0.5, 0.6) is 0 Å². The van der Waals surface area contributed by atoms with E-state index in [0.29, 0.717) is 18.1 Å². The Morgan fingerprint density at radius 1 is 1.35 bits per heavy atom. The van der Waals surface area contributed by atoms with Crippen LogP contribution in [0, 0.1) is 18.3 Å². The molecule has 0 saturated heterocycles. The van der Waals surface area contributed by atoms with E-state index in [2.05, 4.69) is 16.0 Å². The minimum atomic E-state index is 0.450. The van der Waals surface area contributed by atoms with Gasteiger partial charge in [-0.15, -0.1) is 0 Å². The van der Waals surface area contributed by atoms with E-state index in [1.54, 1.807) is 12.3 Å². The van der Waals surface area contributed by atoms with Crippen molar-refractivity contribution in [1.29, 1.82) is 5.26 Å². The number of rotatable bonds is 2. The van der Waals surface area contributed by atoms with E-state index in [9.17, 15) is 0 Å². The third kappa shape index (κ3) is 1.97. The number of benzene rings is 1. The second-order valence-corrected chi connectivity index (χ2v) is 4.67. The van der Waals surface area contributed by atoms with Crippen molar-refractivity contribution < 1.29 is 0 Å². The highest BCUT2D eigenvalue weighted by molar-refractivity contribution is 5.80. The van der Waals surface area contributed by atoms with Crippen molar-refractivity contribution in [2.45, 2.75) is 13.5 Å². The van der Waals surface area contributed by atoms with Gasteiger partial charge in [0.1, 0.15) is 0 Å². The zero-order valence-electron chi connectivity index (χ0n) is 11.0. The molecule has 0 fully saturated rings. The van der Waals surface area contributed by atoms with Gasteiger partial charge < -0.3 is 10.3 Å². The number of nitrogens with zero attached hydrogens (tertiary/aromatic N) is 4. The summed E-state index contributed by atoms with van der Waals surface area (Å²) in [7, 11) is 0. The molecule has 0 aliphatic carbocycles. The van der Waals surface area contributed by atoms with Crippen molar-refractivity contribution in [3.8, 4) is 6.07 Å². The summed E-state index contributed by atoms with van der Waals surface area (Å²) in [5.74, 6) is 0.450. The fourth-order valence-electron chi connectivity index (χ4n) is 2.23. The fraction of sp³-hybridized carbons (Fsp3) is 0.133. The fourth-order valence-corrected chi connectivity index (χ4v) is 2.23. The van der Waals surface area contributed by atoms with Gasteiger partial charge in [-0.05, 0) is 42.3 Å². The smallest absolute Gasteiger partial charge is 0.201 e. The summed E-state index contributed by atoms with van der Waals surface area (Å²) in [4.78, 5) is 8.42. The third-order valence-electron chi connectivity index (χ3n) is 3.37. The zero-order valence-corrected chi connectivity index (χ0v) is 11.0. The van der Waals surface area contributed by atoms with Crippen LogP contribution in [0.1, 0.15) is 16.7 Å². The van der Waals surface area contributed by atoms with Crippen LogP contribution in [-0.4, -0.2) is 14.5 Å². The van der Waals surface area contributed by atoms with Crippen molar-refractivity contribution in [2.75, 3.05) is 5.73 Å². The number of aryl methyl sites for hydroxylation is 1. The Morgan fingerprint density at radius 3 is 2.95 bits per heavy atom. The molecule has 2 heterocycles. The molecule has 0 radical (unpaired) electrons. The maximum Gasteiger partial charge on any atom is 0.201 e. The molecule has 0 atom stereocenters. The number of nitrogens with two attached hydrogens (primary N) is 1. The van der Waals surface area contributed by atoms with E-state index in [1.807, 2.05) is 35.9 Å². The van der Waals surface area contributed by atoms with Crippen molar-refractivity contribution in [3.63, 3.8) is 0 Å². The number of imidazole rings is 1. The Morgan fingerprint density at radius 2 is 2.20 bits per heavy atom. The molecule has 5 nitrogen and oxygen atoms in total. The number of anilines is 1. The van der Waals surface area contributed by atoms with Crippen LogP contribution < -0.4 is 5.73 Å². The average Bonchev–Trinajstić information content (AvgIpc) is 2.77. The van der Waals surface area contributed by atoms with E-state index in [-0.39, 0.29) is 0 Å². The molecular weight excluding hydrogens is 250 g/mol. The number of fused-ring (bicyclic) bond motifs is 1. The second kappa shape index (κ2) is 4.67. The molecule has 2 aromatic heterocycles. The highest BCUT2D eigenvalue weighted by atomic mass is 15.1. The molecule has 20 heavy (non-hydrogen) atoms. The van der Waals surface area contributed by atoms with Crippen molar-refractivity contribution in [1.82, 2.24) is 14.5 Å². The SMILES string of the molecule is Cc1cnccc1Cn1c(N)nc2ccc(C#N)cc21. The molecule has 0 aliphatic rings. The van der Waals surface area contributed by atoms with E-state index in [4.69, 9.17) is 11.0 Å². The summed E-state index contributed by atoms with van der Waals surface area (Å²) in [6.45, 7) is 2.63. The third-order valence-corrected chi connectivity index (χ3v) is 3.37. The number of aromatic nitrogens is 3. The first kappa shape index (κ1) is 12.2. The molecule has 0 aliphatic heterocycles. The Balaban J connectivity index is 2.14. The molecule has 0 bridgehead atoms. The molecule has 0 spiro atoms. The molecule has 0 amide bonds. The molecule has 0 saturated carbocycles. The van der Waals surface area contributed by atoms with Crippen LogP contribution in [0.4, 0.5) is 5.95 Å². The highest BCUT2D eigenvalue weighted by Crippen LogP contribution is 2.21. The lowest BCUT2D eigenvalue weighted by atomic mass is 10.1. The Labute approximate surface area is 116 Å². The van der Waals surface area contributed by atoms with Gasteiger partial charge >= 0.3 is 0 Å². The summed E-state index contributed by atoms with van der Waals surface area (Å²) in [6, 6.07) is 9.49. The first-order chi connectivity index (χ1) is 9.69. The van der Waals surface area contributed by atoms with Gasteiger partial charge in [-0.2, -0.15) is 5.26 Å². The summed E-state index contributed by atoms with van der Waals surface area (Å²) in [5, 5.41) is 9.01. The quantitative estimate of drug-likeness (QED) is 0.768. The number of hydrogen-bond donors (Lipinski definition) is 1. The number of hydrogen-bond acceptors (Lipinski definition) is 4. The molecule has 3 aromatic rings. The van der Waals surface area contributed by atoms with Crippen LogP contribution in [0.15, 0.2) is 36.7 Å². The lowest BCUT2D eigenvalue weighted by Crippen LogP contribution is -2.06. The maximum atomic E-state index is 9.01. The van der Waals surface area contributed by atoms with Crippen LogP contribution in [0.2, 0.25) is 0 Å². The Hall–Kier alpha value is -2.87. The molecule has 3 rings (SSSR count). The van der Waals surface area contributed by atoms with Crippen molar-refractivity contribution in [3.05, 3.63) is 53.3 Å². The Kier molecular flexibility index (Phi) is 2.84. The minimum Gasteiger partial charge on any atom is -0.369 e. The van der Waals surface area contributed by atoms with Crippen LogP contribution in [0.25, 0.3) is 11.0 Å². The largest absolute Gasteiger partial charge is 0.369 e. The van der Waals surface area contributed by atoms with Gasteiger partial charge in [0.15, 0.2) is 0 Å². The first-order valence-electron chi connectivity index (χ1n) is 6.24. The highest BCUT2D eigenvalue weighted by Gasteiger charge is 2.10. The normalized spacial score (nSPS) is 10.6. The number of nitrogen functional groups attached to an aromatic ring is 1. The summed E-state index contributed by atoms with van der Waals surface area (Å²) in [6.07, 6.45) is 3.59. The molecule has 2 N–H and O–H groups in total. The van der Waals surface area contributed by atoms with Gasteiger partial charge in [-0.1, -0.05) is 0 Å². The summed E-state index contributed by atoms with van der Waals surface area (Å²) < 4.78 is 1.92. The van der Waals surface area contributed by atoms with Gasteiger partial charge in [-0.3, -0.25) is 4.98 Å². The lowest BCUT2D eigenvalue weighted by molar-refractivity contribution is 0.829. The molecule has 5 heteroatoms. The molecule has 98 valence electrons. The minimum absolute atomic E-state index is 0.450. The Bertz CT molecular complexity index is 826.